The fourth-order valence-electron chi connectivity index (χ4n) is 2.01. The molecule has 106 valence electrons. The molecule has 1 aliphatic rings. The first-order valence-corrected chi connectivity index (χ1v) is 5.93. The monoisotopic (exact) mass is 270 g/mol. The van der Waals surface area contributed by atoms with Crippen LogP contribution in [0.5, 0.6) is 0 Å². The van der Waals surface area contributed by atoms with Crippen molar-refractivity contribution in [3.8, 4) is 0 Å². The van der Waals surface area contributed by atoms with Crippen molar-refractivity contribution in [1.82, 2.24) is 15.1 Å². The van der Waals surface area contributed by atoms with Crippen LogP contribution in [0.2, 0.25) is 0 Å². The number of nitrogens with two attached hydrogens (primary N) is 1. The average molecular weight is 270 g/mol. The minimum atomic E-state index is -0.527. The van der Waals surface area contributed by atoms with Gasteiger partial charge >= 0.3 is 0 Å². The van der Waals surface area contributed by atoms with E-state index in [0.29, 0.717) is 12.8 Å². The van der Waals surface area contributed by atoms with E-state index >= 15 is 0 Å². The molecule has 0 bridgehead atoms. The molecule has 0 aliphatic carbocycles. The summed E-state index contributed by atoms with van der Waals surface area (Å²) in [5.41, 5.74) is 5.11. The van der Waals surface area contributed by atoms with Gasteiger partial charge in [-0.15, -0.1) is 0 Å². The number of nitrogens with one attached hydrogen (secondary N) is 1. The molecular weight excluding hydrogens is 252 g/mol. The van der Waals surface area contributed by atoms with Crippen molar-refractivity contribution in [2.24, 2.45) is 5.73 Å². The van der Waals surface area contributed by atoms with Crippen molar-refractivity contribution in [3.05, 3.63) is 0 Å². The van der Waals surface area contributed by atoms with Gasteiger partial charge in [0, 0.05) is 12.6 Å². The largest absolute Gasteiger partial charge is 0.369 e. The lowest BCUT2D eigenvalue weighted by molar-refractivity contribution is -0.136. The Labute approximate surface area is 110 Å². The maximum atomic E-state index is 11.2. The van der Waals surface area contributed by atoms with E-state index in [1.54, 1.807) is 9.80 Å². The SMILES string of the molecule is CC(CN1CC(=O)NC(=O)C1)N(CC=O)CC(N)=O. The molecule has 8 nitrogen and oxygen atoms in total. The van der Waals surface area contributed by atoms with Crippen LogP contribution in [0.4, 0.5) is 0 Å². The molecule has 0 radical (unpaired) electrons. The van der Waals surface area contributed by atoms with Crippen LogP contribution >= 0.6 is 0 Å². The van der Waals surface area contributed by atoms with E-state index in [2.05, 4.69) is 5.32 Å². The van der Waals surface area contributed by atoms with Crippen LogP contribution in [-0.4, -0.2) is 72.6 Å². The minimum Gasteiger partial charge on any atom is -0.369 e. The summed E-state index contributed by atoms with van der Waals surface area (Å²) in [6, 6.07) is -0.170. The lowest BCUT2D eigenvalue weighted by Crippen LogP contribution is -2.55. The van der Waals surface area contributed by atoms with Gasteiger partial charge in [0.15, 0.2) is 0 Å². The van der Waals surface area contributed by atoms with Gasteiger partial charge in [-0.05, 0) is 6.92 Å². The van der Waals surface area contributed by atoms with E-state index < -0.39 is 5.91 Å². The predicted octanol–water partition coefficient (Wildman–Crippen LogP) is -2.68. The van der Waals surface area contributed by atoms with E-state index in [4.69, 9.17) is 5.73 Å². The normalized spacial score (nSPS) is 18.2. The summed E-state index contributed by atoms with van der Waals surface area (Å²) in [6.45, 7) is 2.51. The molecule has 0 aromatic heterocycles. The first-order valence-electron chi connectivity index (χ1n) is 5.93. The van der Waals surface area contributed by atoms with E-state index in [0.717, 1.165) is 0 Å². The van der Waals surface area contributed by atoms with Gasteiger partial charge in [0.05, 0.1) is 26.2 Å². The Balaban J connectivity index is 2.56. The molecule has 0 aromatic carbocycles. The zero-order valence-corrected chi connectivity index (χ0v) is 10.8. The predicted molar refractivity (Wildman–Crippen MR) is 65.9 cm³/mol. The van der Waals surface area contributed by atoms with Crippen molar-refractivity contribution in [1.29, 1.82) is 0 Å². The molecule has 1 fully saturated rings. The second kappa shape index (κ2) is 6.95. The molecule has 19 heavy (non-hydrogen) atoms. The van der Waals surface area contributed by atoms with Crippen molar-refractivity contribution in [2.45, 2.75) is 13.0 Å². The Morgan fingerprint density at radius 3 is 2.53 bits per heavy atom. The Bertz CT molecular complexity index is 369. The summed E-state index contributed by atoms with van der Waals surface area (Å²) in [6.07, 6.45) is 0.688. The van der Waals surface area contributed by atoms with Gasteiger partial charge in [0.25, 0.3) is 0 Å². The average Bonchev–Trinajstić information content (AvgIpc) is 2.26. The Hall–Kier alpha value is -1.80. The number of amides is 3. The number of primary amides is 1. The Kier molecular flexibility index (Phi) is 5.58. The van der Waals surface area contributed by atoms with Crippen LogP contribution in [0.25, 0.3) is 0 Å². The number of carbonyl (C=O) groups is 4. The third kappa shape index (κ3) is 5.14. The Morgan fingerprint density at radius 2 is 2.05 bits per heavy atom. The number of rotatable bonds is 7. The zero-order chi connectivity index (χ0) is 14.4. The maximum Gasteiger partial charge on any atom is 0.240 e. The van der Waals surface area contributed by atoms with Crippen LogP contribution in [0.3, 0.4) is 0 Å². The number of hydrogen-bond acceptors (Lipinski definition) is 6. The molecule has 1 atom stereocenters. The van der Waals surface area contributed by atoms with Gasteiger partial charge < -0.3 is 10.5 Å². The highest BCUT2D eigenvalue weighted by atomic mass is 16.2. The van der Waals surface area contributed by atoms with Gasteiger partial charge in [-0.2, -0.15) is 0 Å². The first-order chi connectivity index (χ1) is 8.92. The van der Waals surface area contributed by atoms with Crippen LogP contribution in [0.15, 0.2) is 0 Å². The number of carbonyl (C=O) groups excluding carboxylic acids is 4. The molecule has 3 N–H and O–H groups in total. The highest BCUT2D eigenvalue weighted by molar-refractivity contribution is 5.99. The molecular formula is C11H18N4O4. The maximum absolute atomic E-state index is 11.2. The van der Waals surface area contributed by atoms with E-state index in [-0.39, 0.29) is 44.0 Å². The lowest BCUT2D eigenvalue weighted by Gasteiger charge is -2.32. The number of aldehydes is 1. The van der Waals surface area contributed by atoms with Crippen molar-refractivity contribution in [2.75, 3.05) is 32.7 Å². The lowest BCUT2D eigenvalue weighted by atomic mass is 10.2. The van der Waals surface area contributed by atoms with Crippen LogP contribution in [-0.2, 0) is 19.2 Å². The fraction of sp³-hybridized carbons (Fsp3) is 0.636. The highest BCUT2D eigenvalue weighted by Crippen LogP contribution is 2.03. The summed E-state index contributed by atoms with van der Waals surface area (Å²) < 4.78 is 0. The molecule has 0 spiro atoms. The third-order valence-electron chi connectivity index (χ3n) is 2.83. The number of hydrogen-bond donors (Lipinski definition) is 2. The molecule has 1 aliphatic heterocycles. The number of nitrogens with zero attached hydrogens (tertiary/aromatic N) is 2. The van der Waals surface area contributed by atoms with Crippen molar-refractivity contribution >= 4 is 24.0 Å². The topological polar surface area (TPSA) is 113 Å². The molecule has 0 saturated carbocycles. The van der Waals surface area contributed by atoms with Gasteiger partial charge in [0.2, 0.25) is 17.7 Å². The fourth-order valence-corrected chi connectivity index (χ4v) is 2.01. The Morgan fingerprint density at radius 1 is 1.47 bits per heavy atom. The van der Waals surface area contributed by atoms with E-state index in [1.165, 1.54) is 0 Å². The summed E-state index contributed by atoms with van der Waals surface area (Å²) in [5.74, 6) is -1.22. The molecule has 1 saturated heterocycles. The molecule has 0 aromatic rings. The van der Waals surface area contributed by atoms with E-state index in [1.807, 2.05) is 6.92 Å². The zero-order valence-electron chi connectivity index (χ0n) is 10.8. The number of imide groups is 1. The highest BCUT2D eigenvalue weighted by Gasteiger charge is 2.25. The second-order valence-electron chi connectivity index (χ2n) is 4.55. The summed E-state index contributed by atoms with van der Waals surface area (Å²) in [7, 11) is 0. The minimum absolute atomic E-state index is 0.0338. The summed E-state index contributed by atoms with van der Waals surface area (Å²) >= 11 is 0. The van der Waals surface area contributed by atoms with E-state index in [9.17, 15) is 19.2 Å². The van der Waals surface area contributed by atoms with Gasteiger partial charge in [-0.1, -0.05) is 0 Å². The van der Waals surface area contributed by atoms with Gasteiger partial charge in [0.1, 0.15) is 6.29 Å². The van der Waals surface area contributed by atoms with Crippen molar-refractivity contribution in [3.63, 3.8) is 0 Å². The smallest absolute Gasteiger partial charge is 0.240 e. The molecule has 1 heterocycles. The molecule has 1 unspecified atom stereocenters. The molecule has 1 rings (SSSR count). The first kappa shape index (κ1) is 15.3. The number of piperazine rings is 1. The van der Waals surface area contributed by atoms with Crippen LogP contribution in [0.1, 0.15) is 6.92 Å². The quantitative estimate of drug-likeness (QED) is 0.385. The van der Waals surface area contributed by atoms with Gasteiger partial charge in [-0.25, -0.2) is 0 Å². The van der Waals surface area contributed by atoms with Gasteiger partial charge in [-0.3, -0.25) is 29.5 Å². The second-order valence-corrected chi connectivity index (χ2v) is 4.55. The third-order valence-corrected chi connectivity index (χ3v) is 2.83. The van der Waals surface area contributed by atoms with Crippen LogP contribution < -0.4 is 11.1 Å². The van der Waals surface area contributed by atoms with Crippen molar-refractivity contribution < 1.29 is 19.2 Å². The summed E-state index contributed by atoms with van der Waals surface area (Å²) in [4.78, 5) is 47.2. The van der Waals surface area contributed by atoms with Crippen LogP contribution in [0, 0.1) is 0 Å². The summed E-state index contributed by atoms with van der Waals surface area (Å²) in [5, 5.41) is 2.21. The standard InChI is InChI=1S/C11H18N4O4/c1-8(15(2-3-16)5-9(12)17)4-14-6-10(18)13-11(19)7-14/h3,8H,2,4-7H2,1H3,(H2,12,17)(H,13,18,19). The molecule has 8 heteroatoms. The molecule has 3 amide bonds.